The minimum absolute atomic E-state index is 0.0568. The minimum Gasteiger partial charge on any atom is -0.480 e. The first-order valence-corrected chi connectivity index (χ1v) is 17.2. The minimum atomic E-state index is -1.48. The summed E-state index contributed by atoms with van der Waals surface area (Å²) >= 11 is 7.89. The highest BCUT2D eigenvalue weighted by atomic mass is 79.9. The van der Waals surface area contributed by atoms with Crippen molar-refractivity contribution in [2.45, 2.75) is 38.3 Å². The highest BCUT2D eigenvalue weighted by molar-refractivity contribution is 9.09. The third kappa shape index (κ3) is 28.7. The van der Waals surface area contributed by atoms with Crippen molar-refractivity contribution < 1.29 is 68.3 Å². The van der Waals surface area contributed by atoms with E-state index in [0.29, 0.717) is 18.1 Å². The van der Waals surface area contributed by atoms with Gasteiger partial charge in [0.15, 0.2) is 6.04 Å². The predicted molar refractivity (Wildman–Crippen MR) is 175 cm³/mol. The number of aliphatic imine (C=N–C) groups is 1. The molecule has 1 aliphatic heterocycles. The summed E-state index contributed by atoms with van der Waals surface area (Å²) in [7, 11) is 5.08. The average molecular weight is 813 g/mol. The van der Waals surface area contributed by atoms with E-state index in [1.54, 1.807) is 13.8 Å². The van der Waals surface area contributed by atoms with Crippen molar-refractivity contribution in [2.24, 2.45) is 16.5 Å². The summed E-state index contributed by atoms with van der Waals surface area (Å²) in [5.41, 5.74) is 10.6. The maximum Gasteiger partial charge on any atom is 0.373 e. The van der Waals surface area contributed by atoms with Crippen molar-refractivity contribution >= 4 is 116 Å². The molecule has 0 aromatic carbocycles. The number of nitrogens with zero attached hydrogens (tertiary/aromatic N) is 1. The van der Waals surface area contributed by atoms with E-state index in [2.05, 4.69) is 46.3 Å². The molecule has 17 nitrogen and oxygen atoms in total. The Morgan fingerprint density at radius 2 is 1.40 bits per heavy atom. The van der Waals surface area contributed by atoms with Crippen LogP contribution in [0, 0.1) is 0 Å². The van der Waals surface area contributed by atoms with E-state index >= 15 is 0 Å². The Bertz CT molecular complexity index is 1010. The molecule has 45 heavy (non-hydrogen) atoms. The van der Waals surface area contributed by atoms with Gasteiger partial charge in [-0.15, -0.1) is 0 Å². The fourth-order valence-electron chi connectivity index (χ4n) is 1.83. The van der Waals surface area contributed by atoms with E-state index in [1.165, 1.54) is 11.8 Å². The number of hydrogen-bond acceptors (Lipinski definition) is 15. The normalized spacial score (nSPS) is 14.0. The number of aliphatic carboxylic acids is 4. The van der Waals surface area contributed by atoms with Gasteiger partial charge in [0.2, 0.25) is 11.6 Å². The number of ether oxygens (including phenoxy) is 2. The summed E-state index contributed by atoms with van der Waals surface area (Å²) in [6, 6.07) is -2.38. The zero-order valence-electron chi connectivity index (χ0n) is 24.5. The van der Waals surface area contributed by atoms with Crippen LogP contribution in [0.15, 0.2) is 4.99 Å². The molecule has 2 radical (unpaired) electrons. The van der Waals surface area contributed by atoms with Crippen LogP contribution in [0.5, 0.6) is 0 Å². The second-order valence-corrected chi connectivity index (χ2v) is 9.93. The molecule has 0 fully saturated rings. The summed E-state index contributed by atoms with van der Waals surface area (Å²) in [6.07, 6.45) is 0.138. The molecule has 0 saturated heterocycles. The molecule has 0 aromatic rings. The van der Waals surface area contributed by atoms with Crippen molar-refractivity contribution in [3.05, 3.63) is 0 Å². The van der Waals surface area contributed by atoms with Gasteiger partial charge in [0.25, 0.3) is 0 Å². The largest absolute Gasteiger partial charge is 0.480 e. The zero-order chi connectivity index (χ0) is 36.1. The quantitative estimate of drug-likeness (QED) is 0.0557. The van der Waals surface area contributed by atoms with Gasteiger partial charge in [-0.3, -0.25) is 24.2 Å². The van der Waals surface area contributed by atoms with E-state index in [1.807, 2.05) is 5.83 Å². The third-order valence-corrected chi connectivity index (χ3v) is 6.52. The molecule has 1 aliphatic rings. The van der Waals surface area contributed by atoms with E-state index < -0.39 is 65.5 Å². The lowest BCUT2D eigenvalue weighted by atomic mass is 9.98. The number of ketones is 2. The summed E-state index contributed by atoms with van der Waals surface area (Å²) in [4.78, 5) is 86.1. The molecule has 0 spiro atoms. The van der Waals surface area contributed by atoms with Gasteiger partial charge in [-0.25, -0.2) is 19.2 Å². The Morgan fingerprint density at radius 1 is 0.933 bits per heavy atom. The van der Waals surface area contributed by atoms with Crippen LogP contribution >= 0.6 is 55.4 Å². The number of carboxylic acid groups (broad SMARTS) is 4. The molecule has 1 heterocycles. The molecular weight excluding hydrogens is 777 g/mol. The Balaban J connectivity index is -0.000000253. The summed E-state index contributed by atoms with van der Waals surface area (Å²) in [5, 5.41) is 33.0. The van der Waals surface area contributed by atoms with E-state index in [4.69, 9.17) is 39.7 Å². The molecule has 0 saturated carbocycles. The van der Waals surface area contributed by atoms with Gasteiger partial charge in [-0.2, -0.15) is 23.5 Å². The summed E-state index contributed by atoms with van der Waals surface area (Å²) < 4.78 is 9.18. The van der Waals surface area contributed by atoms with Crippen molar-refractivity contribution in [1.82, 2.24) is 0 Å². The van der Waals surface area contributed by atoms with Crippen LogP contribution in [-0.2, 0) is 47.8 Å². The van der Waals surface area contributed by atoms with Gasteiger partial charge < -0.3 is 41.4 Å². The smallest absolute Gasteiger partial charge is 0.373 e. The number of carboxylic acids is 4. The van der Waals surface area contributed by atoms with Crippen LogP contribution in [0.3, 0.4) is 0 Å². The highest BCUT2D eigenvalue weighted by Gasteiger charge is 2.24. The fourth-order valence-corrected chi connectivity index (χ4v) is 3.84. The molecule has 0 aliphatic carbocycles. The first kappa shape index (κ1) is 49.4. The SMILES string of the molecule is CBr.CCOC(=O)C(N)CSCC(=O)C(=O)O.O=C(O)C(=O)CBr.O=C(O)C1=N[C@H](C(=O)O)CSC1.[B]CC(N)C(=O)OCC. The number of carbonyl (C=O) groups excluding carboxylic acids is 4. The number of nitrogens with two attached hydrogens (primary N) is 2. The fraction of sp³-hybridized carbons (Fsp3) is 0.609. The van der Waals surface area contributed by atoms with E-state index in [9.17, 15) is 38.4 Å². The summed E-state index contributed by atoms with van der Waals surface area (Å²) in [6.45, 7) is 3.98. The van der Waals surface area contributed by atoms with Gasteiger partial charge in [-0.05, 0) is 19.7 Å². The van der Waals surface area contributed by atoms with Crippen LogP contribution in [-0.4, -0.2) is 147 Å². The molecule has 22 heteroatoms. The predicted octanol–water partition coefficient (Wildman–Crippen LogP) is -0.515. The molecule has 256 valence electrons. The number of halogens is 2. The molecule has 0 bridgehead atoms. The topological polar surface area (TPSA) is 300 Å². The maximum atomic E-state index is 11.0. The number of hydrogen-bond donors (Lipinski definition) is 6. The second kappa shape index (κ2) is 31.5. The van der Waals surface area contributed by atoms with Crippen molar-refractivity contribution in [3.8, 4) is 0 Å². The van der Waals surface area contributed by atoms with Crippen LogP contribution in [0.2, 0.25) is 6.32 Å². The van der Waals surface area contributed by atoms with Crippen molar-refractivity contribution in [3.63, 3.8) is 0 Å². The van der Waals surface area contributed by atoms with Gasteiger partial charge in [0.1, 0.15) is 11.8 Å². The number of alkyl halides is 2. The Labute approximate surface area is 285 Å². The first-order valence-electron chi connectivity index (χ1n) is 12.2. The monoisotopic (exact) mass is 811 g/mol. The zero-order valence-corrected chi connectivity index (χ0v) is 29.3. The molecule has 8 N–H and O–H groups in total. The molecule has 2 unspecified atom stereocenters. The van der Waals surface area contributed by atoms with Crippen LogP contribution in [0.1, 0.15) is 13.8 Å². The Kier molecular flexibility index (Phi) is 34.5. The standard InChI is InChI=1S/C8H13NO5S.C6H7NO4S.C5H10BNO2.C3H3BrO3.CH3Br/c1-2-14-8(13)5(9)3-15-4-6(10)7(11)12;8-5(9)3-1-12-2-4(7-3)6(10)11;1-2-9-5(8)4(7)3-6;4-1-2(5)3(6)7;1-2/h5H,2-4,9H2,1H3,(H,11,12);3H,1-2H2,(H,8,9)(H,10,11);4H,2-3,7H2,1H3;1H2,(H,6,7);1H3/t;3-;;;/m.0.../s1. The Hall–Kier alpha value is -2.53. The molecular formula is C23H36BBr2N3O14S2. The second-order valence-electron chi connectivity index (χ2n) is 7.31. The van der Waals surface area contributed by atoms with Gasteiger partial charge in [0.05, 0.1) is 38.2 Å². The first-order chi connectivity index (χ1) is 21.0. The van der Waals surface area contributed by atoms with Gasteiger partial charge in [-0.1, -0.05) is 38.2 Å². The van der Waals surface area contributed by atoms with Crippen LogP contribution in [0.4, 0.5) is 0 Å². The number of esters is 2. The van der Waals surface area contributed by atoms with E-state index in [-0.39, 0.29) is 35.5 Å². The molecule has 1 rings (SSSR count). The third-order valence-electron chi connectivity index (χ3n) is 3.92. The average Bonchev–Trinajstić information content (AvgIpc) is 3.02. The highest BCUT2D eigenvalue weighted by Crippen LogP contribution is 2.13. The number of Topliss-reactive ketones (excluding diaryl/α,β-unsaturated/α-hetero) is 2. The Morgan fingerprint density at radius 3 is 1.73 bits per heavy atom. The van der Waals surface area contributed by atoms with Crippen molar-refractivity contribution in [2.75, 3.05) is 47.4 Å². The lowest BCUT2D eigenvalue weighted by molar-refractivity contribution is -0.147. The van der Waals surface area contributed by atoms with Crippen molar-refractivity contribution in [1.29, 1.82) is 0 Å². The van der Waals surface area contributed by atoms with Crippen LogP contribution in [0.25, 0.3) is 0 Å². The number of carbonyl (C=O) groups is 8. The molecule has 0 aromatic heterocycles. The summed E-state index contributed by atoms with van der Waals surface area (Å²) in [5.74, 6) is -5.35. The maximum absolute atomic E-state index is 11.0. The van der Waals surface area contributed by atoms with E-state index in [0.717, 1.165) is 11.8 Å². The molecule has 0 amide bonds. The lowest BCUT2D eigenvalue weighted by Crippen LogP contribution is -2.35. The molecule has 3 atom stereocenters. The van der Waals surface area contributed by atoms with Crippen LogP contribution < -0.4 is 11.5 Å². The van der Waals surface area contributed by atoms with Gasteiger partial charge in [0, 0.05) is 17.3 Å². The van der Waals surface area contributed by atoms with Gasteiger partial charge >= 0.3 is 35.8 Å². The lowest BCUT2D eigenvalue weighted by Gasteiger charge is -2.13. The number of thioether (sulfide) groups is 2. The number of rotatable bonds is 14.